The van der Waals surface area contributed by atoms with Gasteiger partial charge in [0.25, 0.3) is 0 Å². The van der Waals surface area contributed by atoms with E-state index >= 15 is 0 Å². The number of fused-ring (bicyclic) bond motifs is 1. The zero-order valence-corrected chi connectivity index (χ0v) is 12.8. The Morgan fingerprint density at radius 3 is 2.86 bits per heavy atom. The SMILES string of the molecule is O=S(=O)(Cc1cc(Cl)c2cccnc2c1O)c1ncns1. The van der Waals surface area contributed by atoms with Gasteiger partial charge in [-0.15, -0.1) is 0 Å². The largest absolute Gasteiger partial charge is 0.505 e. The van der Waals surface area contributed by atoms with Crippen LogP contribution in [0.1, 0.15) is 5.56 Å². The number of nitrogens with zero attached hydrogens (tertiary/aromatic N) is 3. The van der Waals surface area contributed by atoms with E-state index in [9.17, 15) is 13.5 Å². The summed E-state index contributed by atoms with van der Waals surface area (Å²) in [6, 6.07) is 4.82. The average molecular weight is 342 g/mol. The number of sulfone groups is 1. The van der Waals surface area contributed by atoms with Crippen molar-refractivity contribution < 1.29 is 13.5 Å². The minimum Gasteiger partial charge on any atom is -0.505 e. The third-order valence-electron chi connectivity index (χ3n) is 2.85. The highest BCUT2D eigenvalue weighted by atomic mass is 35.5. The molecule has 0 aliphatic carbocycles. The topological polar surface area (TPSA) is 93.0 Å². The maximum absolute atomic E-state index is 12.2. The molecular weight excluding hydrogens is 334 g/mol. The summed E-state index contributed by atoms with van der Waals surface area (Å²) < 4.78 is 28.0. The molecule has 2 aromatic heterocycles. The smallest absolute Gasteiger partial charge is 0.228 e. The lowest BCUT2D eigenvalue weighted by atomic mass is 10.1. The van der Waals surface area contributed by atoms with E-state index < -0.39 is 15.6 Å². The first-order valence-electron chi connectivity index (χ1n) is 5.73. The van der Waals surface area contributed by atoms with Crippen molar-refractivity contribution in [3.63, 3.8) is 0 Å². The average Bonchev–Trinajstić information content (AvgIpc) is 2.99. The zero-order chi connectivity index (χ0) is 15.0. The molecule has 0 unspecified atom stereocenters. The molecule has 0 radical (unpaired) electrons. The van der Waals surface area contributed by atoms with Crippen LogP contribution in [0.5, 0.6) is 5.75 Å². The van der Waals surface area contributed by atoms with Gasteiger partial charge < -0.3 is 5.11 Å². The van der Waals surface area contributed by atoms with Crippen LogP contribution in [-0.4, -0.2) is 27.9 Å². The van der Waals surface area contributed by atoms with Crippen LogP contribution in [0, 0.1) is 0 Å². The van der Waals surface area contributed by atoms with Gasteiger partial charge in [-0.2, -0.15) is 4.37 Å². The predicted octanol–water partition coefficient (Wildman–Crippen LogP) is 2.42. The van der Waals surface area contributed by atoms with E-state index in [1.165, 1.54) is 18.6 Å². The van der Waals surface area contributed by atoms with Gasteiger partial charge in [-0.3, -0.25) is 4.98 Å². The first-order valence-corrected chi connectivity index (χ1v) is 8.54. The minimum absolute atomic E-state index is 0.0980. The highest BCUT2D eigenvalue weighted by Gasteiger charge is 2.22. The molecule has 0 saturated heterocycles. The van der Waals surface area contributed by atoms with E-state index in [1.54, 1.807) is 12.1 Å². The standard InChI is InChI=1S/C12H8ClN3O3S2/c13-9-4-7(5-21(18,19)12-15-6-16-20-12)11(17)10-8(9)2-1-3-14-10/h1-4,6,17H,5H2. The lowest BCUT2D eigenvalue weighted by Crippen LogP contribution is -2.05. The van der Waals surface area contributed by atoms with Gasteiger partial charge in [0.15, 0.2) is 0 Å². The number of pyridine rings is 1. The molecule has 0 aliphatic rings. The van der Waals surface area contributed by atoms with E-state index in [2.05, 4.69) is 14.3 Å². The van der Waals surface area contributed by atoms with Gasteiger partial charge in [0, 0.05) is 17.1 Å². The molecule has 2 heterocycles. The Balaban J connectivity index is 2.12. The second-order valence-corrected chi connectivity index (χ2v) is 7.58. The molecule has 0 spiro atoms. The van der Waals surface area contributed by atoms with Crippen LogP contribution < -0.4 is 0 Å². The molecule has 9 heteroatoms. The molecule has 0 amide bonds. The fraction of sp³-hybridized carbons (Fsp3) is 0.0833. The molecule has 108 valence electrons. The third-order valence-corrected chi connectivity index (χ3v) is 5.94. The summed E-state index contributed by atoms with van der Waals surface area (Å²) in [5, 5.41) is 11.1. The number of aromatic hydroxyl groups is 1. The number of benzene rings is 1. The molecule has 0 aliphatic heterocycles. The van der Waals surface area contributed by atoms with E-state index in [1.807, 2.05) is 0 Å². The summed E-state index contributed by atoms with van der Waals surface area (Å²) >= 11 is 6.90. The van der Waals surface area contributed by atoms with Gasteiger partial charge in [-0.05, 0) is 29.7 Å². The number of halogens is 1. The predicted molar refractivity (Wildman–Crippen MR) is 79.2 cm³/mol. The van der Waals surface area contributed by atoms with Crippen molar-refractivity contribution in [2.75, 3.05) is 0 Å². The lowest BCUT2D eigenvalue weighted by molar-refractivity contribution is 0.475. The van der Waals surface area contributed by atoms with E-state index in [0.717, 1.165) is 11.5 Å². The van der Waals surface area contributed by atoms with Gasteiger partial charge in [0.05, 0.1) is 10.8 Å². The third kappa shape index (κ3) is 2.57. The number of phenols is 1. The molecule has 3 rings (SSSR count). The number of phenolic OH excluding ortho intramolecular Hbond substituents is 1. The summed E-state index contributed by atoms with van der Waals surface area (Å²) in [7, 11) is -3.68. The Labute approximate surface area is 129 Å². The normalized spacial score (nSPS) is 11.9. The van der Waals surface area contributed by atoms with Gasteiger partial charge >= 0.3 is 0 Å². The molecule has 3 aromatic rings. The summed E-state index contributed by atoms with van der Waals surface area (Å²) in [5.74, 6) is -0.608. The Bertz CT molecular complexity index is 911. The number of hydrogen-bond acceptors (Lipinski definition) is 7. The molecule has 6 nitrogen and oxygen atoms in total. The van der Waals surface area contributed by atoms with E-state index in [0.29, 0.717) is 10.4 Å². The number of hydrogen-bond donors (Lipinski definition) is 1. The molecule has 0 atom stereocenters. The summed E-state index contributed by atoms with van der Waals surface area (Å²) in [4.78, 5) is 7.73. The second-order valence-electron chi connectivity index (χ2n) is 4.23. The van der Waals surface area contributed by atoms with Crippen LogP contribution in [0.4, 0.5) is 0 Å². The molecule has 0 saturated carbocycles. The molecule has 21 heavy (non-hydrogen) atoms. The summed E-state index contributed by atoms with van der Waals surface area (Å²) in [5.41, 5.74) is 0.453. The lowest BCUT2D eigenvalue weighted by Gasteiger charge is -2.08. The van der Waals surface area contributed by atoms with Crippen molar-refractivity contribution in [3.8, 4) is 5.75 Å². The minimum atomic E-state index is -3.68. The molecule has 1 aromatic carbocycles. The van der Waals surface area contributed by atoms with E-state index in [-0.39, 0.29) is 21.2 Å². The van der Waals surface area contributed by atoms with Crippen molar-refractivity contribution in [2.45, 2.75) is 10.1 Å². The van der Waals surface area contributed by atoms with Crippen LogP contribution >= 0.6 is 23.1 Å². The first kappa shape index (κ1) is 14.2. The van der Waals surface area contributed by atoms with Crippen LogP contribution in [0.3, 0.4) is 0 Å². The summed E-state index contributed by atoms with van der Waals surface area (Å²) in [6.07, 6.45) is 2.67. The maximum Gasteiger partial charge on any atom is 0.228 e. The summed E-state index contributed by atoms with van der Waals surface area (Å²) in [6.45, 7) is 0. The van der Waals surface area contributed by atoms with Crippen molar-refractivity contribution in [1.29, 1.82) is 0 Å². The molecular formula is C12H8ClN3O3S2. The van der Waals surface area contributed by atoms with Gasteiger partial charge in [0.1, 0.15) is 17.6 Å². The Kier molecular flexibility index (Phi) is 3.52. The van der Waals surface area contributed by atoms with Crippen molar-refractivity contribution in [2.24, 2.45) is 0 Å². The Morgan fingerprint density at radius 1 is 1.33 bits per heavy atom. The van der Waals surface area contributed by atoms with Gasteiger partial charge in [-0.25, -0.2) is 13.4 Å². The molecule has 0 fully saturated rings. The van der Waals surface area contributed by atoms with Crippen molar-refractivity contribution >= 4 is 43.9 Å². The molecule has 0 bridgehead atoms. The van der Waals surface area contributed by atoms with Crippen LogP contribution in [0.2, 0.25) is 5.02 Å². The van der Waals surface area contributed by atoms with Crippen molar-refractivity contribution in [1.82, 2.24) is 14.3 Å². The van der Waals surface area contributed by atoms with Crippen LogP contribution in [0.25, 0.3) is 10.9 Å². The number of rotatable bonds is 3. The first-order chi connectivity index (χ1) is 9.99. The van der Waals surface area contributed by atoms with Crippen LogP contribution in [0.15, 0.2) is 35.1 Å². The Morgan fingerprint density at radius 2 is 2.14 bits per heavy atom. The highest BCUT2D eigenvalue weighted by Crippen LogP contribution is 2.34. The molecule has 1 N–H and O–H groups in total. The zero-order valence-electron chi connectivity index (χ0n) is 10.4. The quantitative estimate of drug-likeness (QED) is 0.786. The maximum atomic E-state index is 12.2. The fourth-order valence-electron chi connectivity index (χ4n) is 1.91. The van der Waals surface area contributed by atoms with Gasteiger partial charge in [0.2, 0.25) is 14.2 Å². The van der Waals surface area contributed by atoms with E-state index in [4.69, 9.17) is 11.6 Å². The number of aromatic nitrogens is 3. The Hall–Kier alpha value is -1.77. The van der Waals surface area contributed by atoms with Gasteiger partial charge in [-0.1, -0.05) is 11.6 Å². The highest BCUT2D eigenvalue weighted by molar-refractivity contribution is 7.92. The fourth-order valence-corrected chi connectivity index (χ4v) is 4.20. The van der Waals surface area contributed by atoms with Crippen LogP contribution in [-0.2, 0) is 15.6 Å². The van der Waals surface area contributed by atoms with Crippen molar-refractivity contribution in [3.05, 3.63) is 41.3 Å². The second kappa shape index (κ2) is 5.21. The monoisotopic (exact) mass is 341 g/mol.